The molecule has 1 aromatic rings. The number of carbonyl (C=O) groups is 1. The maximum atomic E-state index is 12.7. The molecule has 1 aromatic carbocycles. The molecule has 0 saturated carbocycles. The SMILES string of the molecule is CCCC1=C(C(=O)OCC)[C@@H](c2cc(Br)c(OC)cc2OC)NC(=S)N1. The van der Waals surface area contributed by atoms with Crippen LogP contribution in [0.3, 0.4) is 0 Å². The molecule has 8 heteroatoms. The lowest BCUT2D eigenvalue weighted by Gasteiger charge is -2.32. The first kappa shape index (κ1) is 20.5. The Morgan fingerprint density at radius 1 is 1.23 bits per heavy atom. The number of methoxy groups -OCH3 is 2. The number of hydrogen-bond acceptors (Lipinski definition) is 5. The van der Waals surface area contributed by atoms with Crippen LogP contribution in [0.25, 0.3) is 0 Å². The van der Waals surface area contributed by atoms with Gasteiger partial charge in [-0.15, -0.1) is 0 Å². The highest BCUT2D eigenvalue weighted by molar-refractivity contribution is 9.10. The van der Waals surface area contributed by atoms with Gasteiger partial charge in [-0.1, -0.05) is 13.3 Å². The molecule has 0 saturated heterocycles. The molecule has 0 aliphatic carbocycles. The largest absolute Gasteiger partial charge is 0.496 e. The van der Waals surface area contributed by atoms with E-state index in [1.165, 1.54) is 0 Å². The van der Waals surface area contributed by atoms with Gasteiger partial charge in [0.05, 0.1) is 36.9 Å². The van der Waals surface area contributed by atoms with Crippen LogP contribution >= 0.6 is 28.1 Å². The van der Waals surface area contributed by atoms with Gasteiger partial charge in [-0.3, -0.25) is 0 Å². The van der Waals surface area contributed by atoms with Crippen LogP contribution in [-0.4, -0.2) is 31.9 Å². The number of allylic oxidation sites excluding steroid dienone is 1. The van der Waals surface area contributed by atoms with E-state index in [1.807, 2.05) is 13.0 Å². The van der Waals surface area contributed by atoms with Crippen molar-refractivity contribution in [3.63, 3.8) is 0 Å². The van der Waals surface area contributed by atoms with Gasteiger partial charge in [-0.05, 0) is 47.6 Å². The van der Waals surface area contributed by atoms with Crippen LogP contribution in [0.2, 0.25) is 0 Å². The first-order chi connectivity index (χ1) is 12.5. The molecule has 0 spiro atoms. The van der Waals surface area contributed by atoms with Crippen molar-refractivity contribution >= 4 is 39.2 Å². The Morgan fingerprint density at radius 2 is 1.92 bits per heavy atom. The minimum Gasteiger partial charge on any atom is -0.496 e. The van der Waals surface area contributed by atoms with E-state index in [9.17, 15) is 4.79 Å². The van der Waals surface area contributed by atoms with Gasteiger partial charge in [0.25, 0.3) is 0 Å². The summed E-state index contributed by atoms with van der Waals surface area (Å²) in [4.78, 5) is 12.7. The molecule has 0 amide bonds. The third kappa shape index (κ3) is 4.29. The van der Waals surface area contributed by atoms with Crippen LogP contribution in [0.5, 0.6) is 11.5 Å². The first-order valence-corrected chi connectivity index (χ1v) is 9.55. The van der Waals surface area contributed by atoms with Crippen molar-refractivity contribution in [2.75, 3.05) is 20.8 Å². The van der Waals surface area contributed by atoms with Crippen LogP contribution in [-0.2, 0) is 9.53 Å². The van der Waals surface area contributed by atoms with Gasteiger partial charge in [0.15, 0.2) is 5.11 Å². The second kappa shape index (κ2) is 9.23. The molecule has 0 bridgehead atoms. The molecular formula is C18H23BrN2O4S. The molecule has 2 N–H and O–H groups in total. The van der Waals surface area contributed by atoms with Crippen LogP contribution in [0, 0.1) is 0 Å². The van der Waals surface area contributed by atoms with Crippen LogP contribution in [0.15, 0.2) is 27.9 Å². The Balaban J connectivity index is 2.63. The number of rotatable bonds is 7. The Kier molecular flexibility index (Phi) is 7.28. The van der Waals surface area contributed by atoms with Crippen molar-refractivity contribution in [1.82, 2.24) is 10.6 Å². The van der Waals surface area contributed by atoms with Gasteiger partial charge in [0.1, 0.15) is 11.5 Å². The van der Waals surface area contributed by atoms with Gasteiger partial charge < -0.3 is 24.8 Å². The Morgan fingerprint density at radius 3 is 2.50 bits per heavy atom. The molecule has 142 valence electrons. The van der Waals surface area contributed by atoms with Crippen molar-refractivity contribution in [3.8, 4) is 11.5 Å². The zero-order chi connectivity index (χ0) is 19.3. The molecule has 1 heterocycles. The summed E-state index contributed by atoms with van der Waals surface area (Å²) in [5.74, 6) is 0.847. The standard InChI is InChI=1S/C18H23BrN2O4S/c1-5-7-12-15(17(22)25-6-2)16(21-18(26)20-12)10-8-11(19)14(24-4)9-13(10)23-3/h8-9,16H,5-7H2,1-4H3,(H2,20,21,26)/t16-/m1/s1. The molecule has 0 fully saturated rings. The van der Waals surface area contributed by atoms with Crippen molar-refractivity contribution in [2.45, 2.75) is 32.7 Å². The highest BCUT2D eigenvalue weighted by atomic mass is 79.9. The molecule has 6 nitrogen and oxygen atoms in total. The molecule has 0 radical (unpaired) electrons. The van der Waals surface area contributed by atoms with E-state index < -0.39 is 6.04 Å². The van der Waals surface area contributed by atoms with Crippen LogP contribution in [0.1, 0.15) is 38.3 Å². The molecule has 1 aliphatic rings. The molecule has 1 aliphatic heterocycles. The van der Waals surface area contributed by atoms with Crippen LogP contribution < -0.4 is 20.1 Å². The highest BCUT2D eigenvalue weighted by Gasteiger charge is 2.34. The lowest BCUT2D eigenvalue weighted by Crippen LogP contribution is -2.45. The predicted octanol–water partition coefficient (Wildman–Crippen LogP) is 3.60. The minimum absolute atomic E-state index is 0.294. The second-order valence-electron chi connectivity index (χ2n) is 5.62. The number of esters is 1. The van der Waals surface area contributed by atoms with Crippen molar-refractivity contribution in [1.29, 1.82) is 0 Å². The second-order valence-corrected chi connectivity index (χ2v) is 6.89. The summed E-state index contributed by atoms with van der Waals surface area (Å²) < 4.78 is 16.9. The lowest BCUT2D eigenvalue weighted by molar-refractivity contribution is -0.139. The maximum absolute atomic E-state index is 12.7. The number of carbonyl (C=O) groups excluding carboxylic acids is 1. The lowest BCUT2D eigenvalue weighted by atomic mass is 9.93. The maximum Gasteiger partial charge on any atom is 0.338 e. The normalized spacial score (nSPS) is 16.7. The molecule has 0 aromatic heterocycles. The van der Waals surface area contributed by atoms with E-state index in [4.69, 9.17) is 26.4 Å². The number of ether oxygens (including phenoxy) is 3. The van der Waals surface area contributed by atoms with E-state index in [2.05, 4.69) is 26.6 Å². The van der Waals surface area contributed by atoms with Gasteiger partial charge >= 0.3 is 5.97 Å². The number of thiocarbonyl (C=S) groups is 1. The summed E-state index contributed by atoms with van der Waals surface area (Å²) >= 11 is 8.85. The smallest absolute Gasteiger partial charge is 0.338 e. The third-order valence-corrected chi connectivity index (χ3v) is 4.80. The third-order valence-electron chi connectivity index (χ3n) is 3.96. The van der Waals surface area contributed by atoms with E-state index in [-0.39, 0.29) is 5.97 Å². The summed E-state index contributed by atoms with van der Waals surface area (Å²) in [7, 11) is 3.16. The molecule has 1 atom stereocenters. The summed E-state index contributed by atoms with van der Waals surface area (Å²) in [5, 5.41) is 6.73. The number of hydrogen-bond donors (Lipinski definition) is 2. The van der Waals surface area contributed by atoms with Gasteiger partial charge in [0, 0.05) is 17.3 Å². The number of nitrogens with one attached hydrogen (secondary N) is 2. The van der Waals surface area contributed by atoms with E-state index >= 15 is 0 Å². The van der Waals surface area contributed by atoms with Crippen molar-refractivity contribution < 1.29 is 19.0 Å². The summed E-state index contributed by atoms with van der Waals surface area (Å²) in [5.41, 5.74) is 2.05. The van der Waals surface area contributed by atoms with E-state index in [0.717, 1.165) is 22.2 Å². The molecular weight excluding hydrogens is 420 g/mol. The monoisotopic (exact) mass is 442 g/mol. The summed E-state index contributed by atoms with van der Waals surface area (Å²) in [6.07, 6.45) is 1.55. The zero-order valence-electron chi connectivity index (χ0n) is 15.3. The molecule has 26 heavy (non-hydrogen) atoms. The average Bonchev–Trinajstić information content (AvgIpc) is 2.61. The average molecular weight is 443 g/mol. The summed E-state index contributed by atoms with van der Waals surface area (Å²) in [6.45, 7) is 4.12. The number of benzene rings is 1. The molecule has 2 rings (SSSR count). The van der Waals surface area contributed by atoms with Gasteiger partial charge in [0.2, 0.25) is 0 Å². The zero-order valence-corrected chi connectivity index (χ0v) is 17.7. The quantitative estimate of drug-likeness (QED) is 0.493. The summed E-state index contributed by atoms with van der Waals surface area (Å²) in [6, 6.07) is 3.15. The first-order valence-electron chi connectivity index (χ1n) is 8.35. The fraction of sp³-hybridized carbons (Fsp3) is 0.444. The predicted molar refractivity (Wildman–Crippen MR) is 107 cm³/mol. The topological polar surface area (TPSA) is 68.8 Å². The Labute approximate surface area is 167 Å². The van der Waals surface area contributed by atoms with E-state index in [1.54, 1.807) is 27.2 Å². The minimum atomic E-state index is -0.485. The molecule has 0 unspecified atom stereocenters. The fourth-order valence-corrected chi connectivity index (χ4v) is 3.62. The van der Waals surface area contributed by atoms with Gasteiger partial charge in [-0.25, -0.2) is 4.79 Å². The number of halogens is 1. The van der Waals surface area contributed by atoms with Crippen LogP contribution in [0.4, 0.5) is 0 Å². The Hall–Kier alpha value is -1.80. The van der Waals surface area contributed by atoms with Crippen molar-refractivity contribution in [2.24, 2.45) is 0 Å². The fourth-order valence-electron chi connectivity index (χ4n) is 2.86. The highest BCUT2D eigenvalue weighted by Crippen LogP contribution is 2.40. The van der Waals surface area contributed by atoms with Gasteiger partial charge in [-0.2, -0.15) is 0 Å². The Bertz CT molecular complexity index is 736. The van der Waals surface area contributed by atoms with E-state index in [0.29, 0.717) is 35.2 Å². The van der Waals surface area contributed by atoms with Crippen molar-refractivity contribution in [3.05, 3.63) is 33.4 Å².